The van der Waals surface area contributed by atoms with Crippen LogP contribution in [0.1, 0.15) is 32.1 Å². The van der Waals surface area contributed by atoms with Gasteiger partial charge in [0.25, 0.3) is 0 Å². The second-order valence-electron chi connectivity index (χ2n) is 5.25. The van der Waals surface area contributed by atoms with Crippen molar-refractivity contribution in [3.05, 3.63) is 0 Å². The quantitative estimate of drug-likeness (QED) is 0.654. The van der Waals surface area contributed by atoms with Crippen molar-refractivity contribution in [2.75, 3.05) is 6.54 Å². The highest BCUT2D eigenvalue weighted by Crippen LogP contribution is 2.39. The number of nitrogens with zero attached hydrogens (tertiary/aromatic N) is 1. The van der Waals surface area contributed by atoms with Crippen molar-refractivity contribution >= 4 is 17.7 Å². The molecule has 3 fully saturated rings. The van der Waals surface area contributed by atoms with Crippen LogP contribution in [0.4, 0.5) is 0 Å². The van der Waals surface area contributed by atoms with E-state index in [1.165, 1.54) is 4.90 Å². The summed E-state index contributed by atoms with van der Waals surface area (Å²) >= 11 is 0. The second-order valence-corrected chi connectivity index (χ2v) is 5.25. The molecule has 1 aliphatic carbocycles. The fourth-order valence-corrected chi connectivity index (χ4v) is 3.23. The van der Waals surface area contributed by atoms with Crippen LogP contribution in [-0.2, 0) is 14.4 Å². The number of hydrogen-bond donors (Lipinski definition) is 1. The van der Waals surface area contributed by atoms with Crippen LogP contribution in [0.25, 0.3) is 0 Å². The molecule has 2 aliphatic heterocycles. The molecule has 3 atom stereocenters. The Bertz CT molecular complexity index is 361. The number of rotatable bonds is 1. The monoisotopic (exact) mass is 236 g/mol. The Hall–Kier alpha value is -1.39. The number of piperidine rings is 2. The third-order valence-electron chi connectivity index (χ3n) is 4.21. The molecule has 92 valence electrons. The van der Waals surface area contributed by atoms with Gasteiger partial charge in [-0.1, -0.05) is 0 Å². The molecule has 2 bridgehead atoms. The number of nitrogens with one attached hydrogen (secondary N) is 1. The zero-order valence-electron chi connectivity index (χ0n) is 9.65. The summed E-state index contributed by atoms with van der Waals surface area (Å²) in [4.78, 5) is 36.9. The van der Waals surface area contributed by atoms with Gasteiger partial charge in [0.2, 0.25) is 17.7 Å². The lowest BCUT2D eigenvalue weighted by Crippen LogP contribution is -2.56. The normalized spacial score (nSPS) is 37.3. The zero-order chi connectivity index (χ0) is 12.0. The molecule has 0 spiro atoms. The molecule has 3 aliphatic rings. The Morgan fingerprint density at radius 3 is 2.18 bits per heavy atom. The summed E-state index contributed by atoms with van der Waals surface area (Å²) in [7, 11) is 0. The van der Waals surface area contributed by atoms with Crippen LogP contribution in [0.3, 0.4) is 0 Å². The van der Waals surface area contributed by atoms with Crippen LogP contribution in [0.5, 0.6) is 0 Å². The number of imide groups is 1. The van der Waals surface area contributed by atoms with Crippen LogP contribution in [-0.4, -0.2) is 35.2 Å². The summed E-state index contributed by atoms with van der Waals surface area (Å²) in [6.45, 7) is 0.426. The topological polar surface area (TPSA) is 66.5 Å². The van der Waals surface area contributed by atoms with Gasteiger partial charge in [0.05, 0.1) is 6.04 Å². The van der Waals surface area contributed by atoms with Gasteiger partial charge in [-0.3, -0.25) is 19.3 Å². The minimum absolute atomic E-state index is 0.00935. The highest BCUT2D eigenvalue weighted by atomic mass is 16.2. The maximum Gasteiger partial charge on any atom is 0.232 e. The zero-order valence-corrected chi connectivity index (χ0v) is 9.65. The maximum atomic E-state index is 12.2. The largest absolute Gasteiger partial charge is 0.354 e. The number of amides is 3. The van der Waals surface area contributed by atoms with Crippen molar-refractivity contribution < 1.29 is 14.4 Å². The molecular formula is C12H16N2O3. The van der Waals surface area contributed by atoms with E-state index in [4.69, 9.17) is 0 Å². The van der Waals surface area contributed by atoms with E-state index < -0.39 is 0 Å². The lowest BCUT2D eigenvalue weighted by atomic mass is 9.93. The van der Waals surface area contributed by atoms with Gasteiger partial charge in [0, 0.05) is 24.8 Å². The Morgan fingerprint density at radius 2 is 1.65 bits per heavy atom. The van der Waals surface area contributed by atoms with Gasteiger partial charge in [-0.2, -0.15) is 0 Å². The van der Waals surface area contributed by atoms with E-state index in [2.05, 4.69) is 5.32 Å². The fourth-order valence-electron chi connectivity index (χ4n) is 3.23. The molecule has 0 aromatic rings. The summed E-state index contributed by atoms with van der Waals surface area (Å²) < 4.78 is 0. The van der Waals surface area contributed by atoms with Crippen molar-refractivity contribution in [3.63, 3.8) is 0 Å². The molecule has 1 N–H and O–H groups in total. The van der Waals surface area contributed by atoms with E-state index in [1.807, 2.05) is 0 Å². The molecule has 2 saturated heterocycles. The first-order chi connectivity index (χ1) is 8.16. The van der Waals surface area contributed by atoms with E-state index in [1.54, 1.807) is 0 Å². The van der Waals surface area contributed by atoms with Crippen LogP contribution in [0.2, 0.25) is 0 Å². The fraction of sp³-hybridized carbons (Fsp3) is 0.750. The molecule has 1 saturated carbocycles. The number of carbonyl (C=O) groups is 3. The van der Waals surface area contributed by atoms with E-state index in [0.29, 0.717) is 19.4 Å². The highest BCUT2D eigenvalue weighted by molar-refractivity contribution is 6.01. The lowest BCUT2D eigenvalue weighted by molar-refractivity contribution is -0.157. The van der Waals surface area contributed by atoms with Crippen LogP contribution < -0.4 is 5.32 Å². The average Bonchev–Trinajstić information content (AvgIpc) is 2.76. The third-order valence-corrected chi connectivity index (χ3v) is 4.21. The predicted molar refractivity (Wildman–Crippen MR) is 58.7 cm³/mol. The standard InChI is InChI=1S/C12H16N2O3/c15-10-4-3-9(6-13-10)14-11(16)7-1-2-8(5-7)12(14)17/h7-9H,1-6H2,(H,13,15). The molecule has 3 unspecified atom stereocenters. The molecule has 5 heteroatoms. The molecule has 3 amide bonds. The van der Waals surface area contributed by atoms with Gasteiger partial charge in [0.1, 0.15) is 0 Å². The van der Waals surface area contributed by atoms with E-state index in [9.17, 15) is 14.4 Å². The lowest BCUT2D eigenvalue weighted by Gasteiger charge is -2.37. The first kappa shape index (κ1) is 10.7. The van der Waals surface area contributed by atoms with Crippen molar-refractivity contribution in [2.24, 2.45) is 11.8 Å². The summed E-state index contributed by atoms with van der Waals surface area (Å²) in [6.07, 6.45) is 3.47. The summed E-state index contributed by atoms with van der Waals surface area (Å²) in [5.41, 5.74) is 0. The summed E-state index contributed by atoms with van der Waals surface area (Å²) in [6, 6.07) is -0.115. The average molecular weight is 236 g/mol. The van der Waals surface area contributed by atoms with Crippen molar-refractivity contribution in [1.82, 2.24) is 10.2 Å². The molecule has 0 aromatic heterocycles. The molecular weight excluding hydrogens is 220 g/mol. The van der Waals surface area contributed by atoms with Gasteiger partial charge in [-0.25, -0.2) is 0 Å². The maximum absolute atomic E-state index is 12.2. The number of fused-ring (bicyclic) bond motifs is 2. The molecule has 0 radical (unpaired) electrons. The van der Waals surface area contributed by atoms with Crippen LogP contribution >= 0.6 is 0 Å². The highest BCUT2D eigenvalue weighted by Gasteiger charge is 2.47. The van der Waals surface area contributed by atoms with Gasteiger partial charge in [0.15, 0.2) is 0 Å². The van der Waals surface area contributed by atoms with Crippen LogP contribution in [0.15, 0.2) is 0 Å². The van der Waals surface area contributed by atoms with Gasteiger partial charge < -0.3 is 5.32 Å². The third kappa shape index (κ3) is 1.64. The minimum Gasteiger partial charge on any atom is -0.354 e. The number of hydrogen-bond acceptors (Lipinski definition) is 3. The minimum atomic E-state index is -0.115. The predicted octanol–water partition coefficient (Wildman–Crippen LogP) is 0.0501. The van der Waals surface area contributed by atoms with Gasteiger partial charge >= 0.3 is 0 Å². The van der Waals surface area contributed by atoms with E-state index in [0.717, 1.165) is 19.3 Å². The van der Waals surface area contributed by atoms with Crippen molar-refractivity contribution in [1.29, 1.82) is 0 Å². The van der Waals surface area contributed by atoms with Gasteiger partial charge in [-0.05, 0) is 25.7 Å². The molecule has 5 nitrogen and oxygen atoms in total. The van der Waals surface area contributed by atoms with Crippen molar-refractivity contribution in [3.8, 4) is 0 Å². The van der Waals surface area contributed by atoms with E-state index in [-0.39, 0.29) is 35.6 Å². The second kappa shape index (κ2) is 3.82. The first-order valence-corrected chi connectivity index (χ1v) is 6.30. The SMILES string of the molecule is O=C1CCC(N2C(=O)C3CCC(C3)C2=O)CN1. The van der Waals surface area contributed by atoms with Gasteiger partial charge in [-0.15, -0.1) is 0 Å². The van der Waals surface area contributed by atoms with Crippen LogP contribution in [0, 0.1) is 11.8 Å². The number of likely N-dealkylation sites (tertiary alicyclic amines) is 1. The molecule has 17 heavy (non-hydrogen) atoms. The van der Waals surface area contributed by atoms with Crippen molar-refractivity contribution in [2.45, 2.75) is 38.1 Å². The molecule has 3 rings (SSSR count). The Balaban J connectivity index is 1.79. The number of carbonyl (C=O) groups excluding carboxylic acids is 3. The molecule has 2 heterocycles. The summed E-state index contributed by atoms with van der Waals surface area (Å²) in [5, 5.41) is 2.74. The Morgan fingerprint density at radius 1 is 1.00 bits per heavy atom. The Kier molecular flexibility index (Phi) is 2.42. The molecule has 0 aromatic carbocycles. The first-order valence-electron chi connectivity index (χ1n) is 6.30. The van der Waals surface area contributed by atoms with E-state index >= 15 is 0 Å². The smallest absolute Gasteiger partial charge is 0.232 e. The summed E-state index contributed by atoms with van der Waals surface area (Å²) in [5.74, 6) is 0.0987. The Labute approximate surface area is 99.5 Å².